The maximum atomic E-state index is 12.1. The van der Waals surface area contributed by atoms with Gasteiger partial charge in [-0.1, -0.05) is 29.4 Å². The second-order valence-electron chi connectivity index (χ2n) is 4.00. The van der Waals surface area contributed by atoms with Crippen molar-refractivity contribution in [3.8, 4) is 0 Å². The molecule has 0 radical (unpaired) electrons. The van der Waals surface area contributed by atoms with Crippen molar-refractivity contribution in [1.82, 2.24) is 0 Å². The van der Waals surface area contributed by atoms with Gasteiger partial charge in [0.15, 0.2) is 5.84 Å². The number of hydrogen-bond donors (Lipinski definition) is 3. The fourth-order valence-electron chi connectivity index (χ4n) is 1.66. The van der Waals surface area contributed by atoms with Crippen LogP contribution in [0.2, 0.25) is 0 Å². The van der Waals surface area contributed by atoms with Crippen molar-refractivity contribution in [2.24, 2.45) is 10.9 Å². The topological polar surface area (TPSA) is 87.7 Å². The molecule has 1 amide bonds. The van der Waals surface area contributed by atoms with Gasteiger partial charge in [0.1, 0.15) is 0 Å². The minimum absolute atomic E-state index is 0.0120. The van der Waals surface area contributed by atoms with E-state index in [1.165, 1.54) is 0 Å². The Hall–Kier alpha value is -2.34. The highest BCUT2D eigenvalue weighted by Gasteiger charge is 2.10. The Labute approximate surface area is 124 Å². The van der Waals surface area contributed by atoms with Gasteiger partial charge in [0.25, 0.3) is 5.91 Å². The summed E-state index contributed by atoms with van der Waals surface area (Å²) in [6.07, 6.45) is 0. The number of rotatable bonds is 3. The average Bonchev–Trinajstić information content (AvgIpc) is 2.47. The minimum atomic E-state index is -0.242. The molecule has 2 rings (SSSR count). The summed E-state index contributed by atoms with van der Waals surface area (Å²) < 4.78 is 0.713. The zero-order chi connectivity index (χ0) is 14.5. The third-order valence-electron chi connectivity index (χ3n) is 2.64. The lowest BCUT2D eigenvalue weighted by Crippen LogP contribution is -2.15. The van der Waals surface area contributed by atoms with E-state index >= 15 is 0 Å². The predicted molar refractivity (Wildman–Crippen MR) is 81.0 cm³/mol. The number of anilines is 1. The van der Waals surface area contributed by atoms with Crippen LogP contribution in [-0.4, -0.2) is 17.0 Å². The largest absolute Gasteiger partial charge is 0.409 e. The average molecular weight is 334 g/mol. The van der Waals surface area contributed by atoms with Crippen molar-refractivity contribution in [1.29, 1.82) is 0 Å². The van der Waals surface area contributed by atoms with Crippen molar-refractivity contribution in [2.45, 2.75) is 0 Å². The lowest BCUT2D eigenvalue weighted by Gasteiger charge is -2.08. The van der Waals surface area contributed by atoms with Crippen molar-refractivity contribution >= 4 is 33.4 Å². The van der Waals surface area contributed by atoms with Gasteiger partial charge in [0, 0.05) is 15.7 Å². The Morgan fingerprint density at radius 1 is 1.20 bits per heavy atom. The van der Waals surface area contributed by atoms with E-state index in [1.807, 2.05) is 6.07 Å². The summed E-state index contributed by atoms with van der Waals surface area (Å²) in [5, 5.41) is 14.3. The van der Waals surface area contributed by atoms with Gasteiger partial charge in [-0.15, -0.1) is 0 Å². The van der Waals surface area contributed by atoms with Crippen LogP contribution in [0.4, 0.5) is 5.69 Å². The Balaban J connectivity index is 2.23. The third kappa shape index (κ3) is 3.16. The first-order valence-corrected chi connectivity index (χ1v) is 6.55. The lowest BCUT2D eigenvalue weighted by molar-refractivity contribution is 0.102. The molecule has 2 aromatic carbocycles. The lowest BCUT2D eigenvalue weighted by atomic mass is 10.1. The number of carbonyl (C=O) groups is 1. The highest BCUT2D eigenvalue weighted by atomic mass is 79.9. The molecule has 0 heterocycles. The molecule has 20 heavy (non-hydrogen) atoms. The fourth-order valence-corrected chi connectivity index (χ4v) is 2.12. The molecule has 6 heteroatoms. The quantitative estimate of drug-likeness (QED) is 0.349. The van der Waals surface area contributed by atoms with E-state index in [1.54, 1.807) is 42.5 Å². The summed E-state index contributed by atoms with van der Waals surface area (Å²) in [6, 6.07) is 13.9. The summed E-state index contributed by atoms with van der Waals surface area (Å²) in [4.78, 5) is 12.1. The van der Waals surface area contributed by atoms with Gasteiger partial charge in [0.2, 0.25) is 0 Å². The molecular weight excluding hydrogens is 322 g/mol. The van der Waals surface area contributed by atoms with Gasteiger partial charge >= 0.3 is 0 Å². The first kappa shape index (κ1) is 14.1. The van der Waals surface area contributed by atoms with E-state index in [0.29, 0.717) is 21.3 Å². The first-order valence-electron chi connectivity index (χ1n) is 5.75. The molecule has 0 aliphatic rings. The van der Waals surface area contributed by atoms with Crippen LogP contribution in [0, 0.1) is 0 Å². The van der Waals surface area contributed by atoms with E-state index in [-0.39, 0.29) is 11.7 Å². The summed E-state index contributed by atoms with van der Waals surface area (Å²) in [5.74, 6) is -0.254. The Kier molecular flexibility index (Phi) is 4.37. The molecule has 0 saturated heterocycles. The molecule has 0 atom stereocenters. The van der Waals surface area contributed by atoms with Crippen LogP contribution in [0.1, 0.15) is 15.9 Å². The zero-order valence-electron chi connectivity index (χ0n) is 10.4. The van der Waals surface area contributed by atoms with Gasteiger partial charge in [0.05, 0.1) is 5.56 Å². The summed E-state index contributed by atoms with van der Waals surface area (Å²) in [6.45, 7) is 0. The fraction of sp³-hybridized carbons (Fsp3) is 0. The Bertz CT molecular complexity index is 671. The highest BCUT2D eigenvalue weighted by Crippen LogP contribution is 2.18. The third-order valence-corrected chi connectivity index (χ3v) is 3.33. The number of hydrogen-bond acceptors (Lipinski definition) is 3. The van der Waals surface area contributed by atoms with Crippen molar-refractivity contribution in [2.75, 3.05) is 5.32 Å². The monoisotopic (exact) mass is 333 g/mol. The van der Waals surface area contributed by atoms with E-state index in [4.69, 9.17) is 10.9 Å². The molecule has 0 aliphatic heterocycles. The van der Waals surface area contributed by atoms with E-state index < -0.39 is 0 Å². The second kappa shape index (κ2) is 6.21. The number of amides is 1. The molecule has 0 unspecified atom stereocenters. The number of nitrogens with one attached hydrogen (secondary N) is 1. The van der Waals surface area contributed by atoms with Crippen LogP contribution in [0.15, 0.2) is 58.2 Å². The minimum Gasteiger partial charge on any atom is -0.409 e. The molecule has 0 aromatic heterocycles. The molecule has 0 fully saturated rings. The van der Waals surface area contributed by atoms with Crippen LogP contribution in [-0.2, 0) is 0 Å². The molecular formula is C14H12BrN3O2. The zero-order valence-corrected chi connectivity index (χ0v) is 12.0. The first-order chi connectivity index (χ1) is 9.61. The van der Waals surface area contributed by atoms with Gasteiger partial charge in [-0.25, -0.2) is 0 Å². The van der Waals surface area contributed by atoms with Crippen LogP contribution in [0.3, 0.4) is 0 Å². The molecule has 0 spiro atoms. The Morgan fingerprint density at radius 3 is 2.65 bits per heavy atom. The number of oxime groups is 1. The maximum Gasteiger partial charge on any atom is 0.256 e. The smallest absolute Gasteiger partial charge is 0.256 e. The summed E-state index contributed by atoms with van der Waals surface area (Å²) in [7, 11) is 0. The molecule has 2 aromatic rings. The van der Waals surface area contributed by atoms with Gasteiger partial charge in [-0.3, -0.25) is 4.79 Å². The van der Waals surface area contributed by atoms with Crippen molar-refractivity contribution < 1.29 is 10.0 Å². The summed E-state index contributed by atoms with van der Waals surface area (Å²) >= 11 is 3.33. The number of halogens is 1. The second-order valence-corrected chi connectivity index (χ2v) is 4.85. The predicted octanol–water partition coefficient (Wildman–Crippen LogP) is 2.80. The molecule has 102 valence electrons. The van der Waals surface area contributed by atoms with Gasteiger partial charge in [-0.2, -0.15) is 0 Å². The van der Waals surface area contributed by atoms with Crippen LogP contribution >= 0.6 is 15.9 Å². The number of amidine groups is 1. The molecule has 0 saturated carbocycles. The normalized spacial score (nSPS) is 11.2. The number of nitrogens with zero attached hydrogens (tertiary/aromatic N) is 1. The van der Waals surface area contributed by atoms with Crippen molar-refractivity contribution in [3.63, 3.8) is 0 Å². The standard InChI is InChI=1S/C14H12BrN3O2/c15-12-7-2-1-6-11(12)14(19)17-10-5-3-4-9(8-10)13(16)18-20/h1-8,20H,(H2,16,18)(H,17,19). The molecule has 0 bridgehead atoms. The van der Waals surface area contributed by atoms with E-state index in [9.17, 15) is 4.79 Å². The van der Waals surface area contributed by atoms with E-state index in [0.717, 1.165) is 0 Å². The SMILES string of the molecule is N/C(=N/O)c1cccc(NC(=O)c2ccccc2Br)c1. The molecule has 4 N–H and O–H groups in total. The highest BCUT2D eigenvalue weighted by molar-refractivity contribution is 9.10. The number of carbonyl (C=O) groups excluding carboxylic acids is 1. The van der Waals surface area contributed by atoms with Gasteiger partial charge < -0.3 is 16.3 Å². The van der Waals surface area contributed by atoms with Crippen LogP contribution < -0.4 is 11.1 Å². The summed E-state index contributed by atoms with van der Waals surface area (Å²) in [5.41, 5.74) is 7.13. The van der Waals surface area contributed by atoms with Crippen molar-refractivity contribution in [3.05, 3.63) is 64.1 Å². The Morgan fingerprint density at radius 2 is 1.95 bits per heavy atom. The van der Waals surface area contributed by atoms with Crippen LogP contribution in [0.25, 0.3) is 0 Å². The van der Waals surface area contributed by atoms with E-state index in [2.05, 4.69) is 26.4 Å². The van der Waals surface area contributed by atoms with Crippen LogP contribution in [0.5, 0.6) is 0 Å². The molecule has 5 nitrogen and oxygen atoms in total. The maximum absolute atomic E-state index is 12.1. The molecule has 0 aliphatic carbocycles. The van der Waals surface area contributed by atoms with Gasteiger partial charge in [-0.05, 0) is 40.2 Å². The number of nitrogens with two attached hydrogens (primary N) is 1. The number of benzene rings is 2.